The Morgan fingerprint density at radius 3 is 2.62 bits per heavy atom. The van der Waals surface area contributed by atoms with Crippen molar-refractivity contribution in [2.24, 2.45) is 5.92 Å². The molecule has 0 radical (unpaired) electrons. The van der Waals surface area contributed by atoms with Gasteiger partial charge in [-0.2, -0.15) is 0 Å². The summed E-state index contributed by atoms with van der Waals surface area (Å²) in [5.41, 5.74) is 1.61. The van der Waals surface area contributed by atoms with E-state index in [1.165, 1.54) is 7.11 Å². The highest BCUT2D eigenvalue weighted by Gasteiger charge is 2.35. The minimum Gasteiger partial charge on any atom is -0.465 e. The number of methoxy groups -OCH3 is 1. The van der Waals surface area contributed by atoms with Gasteiger partial charge in [-0.1, -0.05) is 22.0 Å². The number of nitrogens with zero attached hydrogens (tertiary/aromatic N) is 1. The van der Waals surface area contributed by atoms with Crippen LogP contribution in [-0.2, 0) is 14.3 Å². The van der Waals surface area contributed by atoms with E-state index in [2.05, 4.69) is 26.0 Å². The van der Waals surface area contributed by atoms with Gasteiger partial charge in [0, 0.05) is 28.8 Å². The molecule has 1 N–H and O–H groups in total. The number of nitrogens with one attached hydrogen (secondary N) is 1. The van der Waals surface area contributed by atoms with Crippen LogP contribution in [0.1, 0.15) is 16.8 Å². The summed E-state index contributed by atoms with van der Waals surface area (Å²) in [5.74, 6) is -1.26. The number of carbonyl (C=O) groups excluding carboxylic acids is 3. The van der Waals surface area contributed by atoms with Crippen LogP contribution >= 0.6 is 15.9 Å². The molecule has 2 aromatic rings. The molecule has 134 valence electrons. The molecule has 6 nitrogen and oxygen atoms in total. The number of amides is 2. The van der Waals surface area contributed by atoms with E-state index in [1.54, 1.807) is 29.2 Å². The first-order chi connectivity index (χ1) is 12.5. The third-order valence-corrected chi connectivity index (χ3v) is 4.71. The van der Waals surface area contributed by atoms with Gasteiger partial charge < -0.3 is 15.0 Å². The zero-order valence-corrected chi connectivity index (χ0v) is 15.7. The van der Waals surface area contributed by atoms with Gasteiger partial charge in [-0.15, -0.1) is 0 Å². The quantitative estimate of drug-likeness (QED) is 0.776. The summed E-state index contributed by atoms with van der Waals surface area (Å²) >= 11 is 3.36. The Morgan fingerprint density at radius 2 is 1.92 bits per heavy atom. The normalized spacial score (nSPS) is 16.5. The van der Waals surface area contributed by atoms with Crippen molar-refractivity contribution in [3.63, 3.8) is 0 Å². The molecule has 2 amide bonds. The van der Waals surface area contributed by atoms with Crippen LogP contribution in [0.25, 0.3) is 0 Å². The highest BCUT2D eigenvalue weighted by molar-refractivity contribution is 9.10. The smallest absolute Gasteiger partial charge is 0.337 e. The molecule has 3 rings (SSSR count). The molecular formula is C19H17BrN2O4. The second kappa shape index (κ2) is 7.70. The molecule has 0 bridgehead atoms. The Morgan fingerprint density at radius 1 is 1.19 bits per heavy atom. The predicted molar refractivity (Wildman–Crippen MR) is 101 cm³/mol. The van der Waals surface area contributed by atoms with Crippen molar-refractivity contribution < 1.29 is 19.1 Å². The summed E-state index contributed by atoms with van der Waals surface area (Å²) in [6.07, 6.45) is 0.151. The molecule has 2 aromatic carbocycles. The maximum absolute atomic E-state index is 12.5. The van der Waals surface area contributed by atoms with Crippen LogP contribution in [0.2, 0.25) is 0 Å². The molecule has 26 heavy (non-hydrogen) atoms. The maximum Gasteiger partial charge on any atom is 0.337 e. The molecule has 1 aliphatic rings. The number of hydrogen-bond acceptors (Lipinski definition) is 4. The molecule has 0 aliphatic carbocycles. The lowest BCUT2D eigenvalue weighted by Gasteiger charge is -2.17. The van der Waals surface area contributed by atoms with Gasteiger partial charge in [0.1, 0.15) is 0 Å². The number of anilines is 2. The molecule has 1 saturated heterocycles. The van der Waals surface area contributed by atoms with Crippen LogP contribution < -0.4 is 10.2 Å². The largest absolute Gasteiger partial charge is 0.465 e. The molecule has 7 heteroatoms. The van der Waals surface area contributed by atoms with Crippen molar-refractivity contribution in [3.05, 3.63) is 58.6 Å². The van der Waals surface area contributed by atoms with Gasteiger partial charge in [-0.3, -0.25) is 9.59 Å². The Balaban J connectivity index is 1.68. The van der Waals surface area contributed by atoms with Gasteiger partial charge in [0.05, 0.1) is 18.6 Å². The summed E-state index contributed by atoms with van der Waals surface area (Å²) in [7, 11) is 1.30. The van der Waals surface area contributed by atoms with Gasteiger partial charge in [-0.05, 0) is 42.5 Å². The Kier molecular flexibility index (Phi) is 5.37. The lowest BCUT2D eigenvalue weighted by Crippen LogP contribution is -2.28. The lowest BCUT2D eigenvalue weighted by atomic mass is 10.1. The predicted octanol–water partition coefficient (Wildman–Crippen LogP) is 3.23. The van der Waals surface area contributed by atoms with Crippen molar-refractivity contribution in [1.82, 2.24) is 0 Å². The SMILES string of the molecule is COC(=O)c1cccc(NC(=O)C2CC(=O)N(c3ccc(Br)cc3)C2)c1. The molecular weight excluding hydrogens is 400 g/mol. The zero-order chi connectivity index (χ0) is 18.7. The number of rotatable bonds is 4. The fourth-order valence-corrected chi connectivity index (χ4v) is 3.10. The first-order valence-corrected chi connectivity index (χ1v) is 8.82. The van der Waals surface area contributed by atoms with Gasteiger partial charge >= 0.3 is 5.97 Å². The topological polar surface area (TPSA) is 75.7 Å². The Labute approximate surface area is 159 Å². The summed E-state index contributed by atoms with van der Waals surface area (Å²) in [4.78, 5) is 38.0. The molecule has 0 aromatic heterocycles. The average molecular weight is 417 g/mol. The number of esters is 1. The van der Waals surface area contributed by atoms with E-state index in [-0.39, 0.29) is 18.2 Å². The van der Waals surface area contributed by atoms with Gasteiger partial charge in [0.2, 0.25) is 11.8 Å². The maximum atomic E-state index is 12.5. The summed E-state index contributed by atoms with van der Waals surface area (Å²) in [6, 6.07) is 13.9. The second-order valence-electron chi connectivity index (χ2n) is 5.94. The lowest BCUT2D eigenvalue weighted by molar-refractivity contribution is -0.122. The van der Waals surface area contributed by atoms with E-state index in [1.807, 2.05) is 24.3 Å². The fraction of sp³-hybridized carbons (Fsp3) is 0.211. The van der Waals surface area contributed by atoms with Crippen LogP contribution in [0.5, 0.6) is 0 Å². The standard InChI is InChI=1S/C19H17BrN2O4/c1-26-19(25)12-3-2-4-15(9-12)21-18(24)13-10-17(23)22(11-13)16-7-5-14(20)6-8-16/h2-9,13H,10-11H2,1H3,(H,21,24). The van der Waals surface area contributed by atoms with Crippen molar-refractivity contribution >= 4 is 45.1 Å². The molecule has 1 fully saturated rings. The third-order valence-electron chi connectivity index (χ3n) is 4.19. The number of benzene rings is 2. The number of halogens is 1. The highest BCUT2D eigenvalue weighted by atomic mass is 79.9. The third kappa shape index (κ3) is 3.94. The van der Waals surface area contributed by atoms with Gasteiger partial charge in [0.15, 0.2) is 0 Å². The number of hydrogen-bond donors (Lipinski definition) is 1. The van der Waals surface area contributed by atoms with Crippen molar-refractivity contribution in [2.45, 2.75) is 6.42 Å². The number of ether oxygens (including phenoxy) is 1. The molecule has 1 aliphatic heterocycles. The molecule has 1 heterocycles. The first kappa shape index (κ1) is 18.1. The van der Waals surface area contributed by atoms with Gasteiger partial charge in [0.25, 0.3) is 0 Å². The zero-order valence-electron chi connectivity index (χ0n) is 14.1. The van der Waals surface area contributed by atoms with E-state index >= 15 is 0 Å². The van der Waals surface area contributed by atoms with E-state index in [0.717, 1.165) is 10.2 Å². The minimum absolute atomic E-state index is 0.0872. The Bertz CT molecular complexity index is 851. The summed E-state index contributed by atoms with van der Waals surface area (Å²) in [6.45, 7) is 0.322. The monoisotopic (exact) mass is 416 g/mol. The van der Waals surface area contributed by atoms with Crippen LogP contribution in [0.3, 0.4) is 0 Å². The van der Waals surface area contributed by atoms with Crippen LogP contribution in [0, 0.1) is 5.92 Å². The summed E-state index contributed by atoms with van der Waals surface area (Å²) < 4.78 is 5.60. The van der Waals surface area contributed by atoms with E-state index < -0.39 is 11.9 Å². The van der Waals surface area contributed by atoms with Crippen LogP contribution in [-0.4, -0.2) is 31.4 Å². The van der Waals surface area contributed by atoms with Crippen LogP contribution in [0.4, 0.5) is 11.4 Å². The highest BCUT2D eigenvalue weighted by Crippen LogP contribution is 2.27. The molecule has 0 saturated carbocycles. The molecule has 1 unspecified atom stereocenters. The molecule has 1 atom stereocenters. The van der Waals surface area contributed by atoms with Crippen molar-refractivity contribution in [1.29, 1.82) is 0 Å². The average Bonchev–Trinajstić information content (AvgIpc) is 3.04. The van der Waals surface area contributed by atoms with Crippen molar-refractivity contribution in [3.8, 4) is 0 Å². The molecule has 0 spiro atoms. The van der Waals surface area contributed by atoms with E-state index in [0.29, 0.717) is 17.8 Å². The van der Waals surface area contributed by atoms with E-state index in [4.69, 9.17) is 0 Å². The minimum atomic E-state index is -0.474. The van der Waals surface area contributed by atoms with Crippen molar-refractivity contribution in [2.75, 3.05) is 23.9 Å². The van der Waals surface area contributed by atoms with Gasteiger partial charge in [-0.25, -0.2) is 4.79 Å². The van der Waals surface area contributed by atoms with Crippen LogP contribution in [0.15, 0.2) is 53.0 Å². The Hall–Kier alpha value is -2.67. The van der Waals surface area contributed by atoms with E-state index in [9.17, 15) is 14.4 Å². The fourth-order valence-electron chi connectivity index (χ4n) is 2.84. The number of carbonyl (C=O) groups is 3. The second-order valence-corrected chi connectivity index (χ2v) is 6.86. The first-order valence-electron chi connectivity index (χ1n) is 8.03. The summed E-state index contributed by atoms with van der Waals surface area (Å²) in [5, 5.41) is 2.77.